The van der Waals surface area contributed by atoms with E-state index in [9.17, 15) is 4.79 Å². The molecule has 0 aromatic rings. The highest BCUT2D eigenvalue weighted by molar-refractivity contribution is 5.78. The Morgan fingerprint density at radius 3 is 2.69 bits per heavy atom. The molecular weight excluding hydrogens is 210 g/mol. The molecule has 0 aliphatic carbocycles. The van der Waals surface area contributed by atoms with Crippen molar-refractivity contribution in [3.05, 3.63) is 0 Å². The van der Waals surface area contributed by atoms with Crippen LogP contribution < -0.4 is 0 Å². The van der Waals surface area contributed by atoms with Gasteiger partial charge in [0.25, 0.3) is 0 Å². The average Bonchev–Trinajstić information content (AvgIpc) is 2.35. The lowest BCUT2D eigenvalue weighted by molar-refractivity contribution is -0.139. The summed E-state index contributed by atoms with van der Waals surface area (Å²) in [5.41, 5.74) is 0. The SMILES string of the molecule is COCCN(CCO)C(=O)C1CCOCC1. The van der Waals surface area contributed by atoms with E-state index < -0.39 is 0 Å². The maximum absolute atomic E-state index is 12.1. The highest BCUT2D eigenvalue weighted by atomic mass is 16.5. The van der Waals surface area contributed by atoms with Gasteiger partial charge in [-0.05, 0) is 12.8 Å². The molecule has 1 rings (SSSR count). The molecule has 1 N–H and O–H groups in total. The quantitative estimate of drug-likeness (QED) is 0.692. The summed E-state index contributed by atoms with van der Waals surface area (Å²) in [6.45, 7) is 2.77. The monoisotopic (exact) mass is 231 g/mol. The standard InChI is InChI=1S/C11H21NO4/c1-15-9-5-12(4-6-13)11(14)10-2-7-16-8-3-10/h10,13H,2-9H2,1H3. The Balaban J connectivity index is 2.44. The van der Waals surface area contributed by atoms with Crippen molar-refractivity contribution in [2.45, 2.75) is 12.8 Å². The van der Waals surface area contributed by atoms with E-state index in [2.05, 4.69) is 0 Å². The molecule has 0 saturated carbocycles. The van der Waals surface area contributed by atoms with Gasteiger partial charge < -0.3 is 19.5 Å². The number of amides is 1. The molecule has 94 valence electrons. The lowest BCUT2D eigenvalue weighted by Crippen LogP contribution is -2.41. The van der Waals surface area contributed by atoms with Gasteiger partial charge in [0.2, 0.25) is 5.91 Å². The fraction of sp³-hybridized carbons (Fsp3) is 0.909. The zero-order chi connectivity index (χ0) is 11.8. The Bertz CT molecular complexity index is 204. The fourth-order valence-electron chi connectivity index (χ4n) is 1.86. The van der Waals surface area contributed by atoms with E-state index in [1.165, 1.54) is 0 Å². The molecule has 0 atom stereocenters. The van der Waals surface area contributed by atoms with Gasteiger partial charge in [0.15, 0.2) is 0 Å². The summed E-state index contributed by atoms with van der Waals surface area (Å²) in [5, 5.41) is 8.92. The molecule has 1 fully saturated rings. The minimum absolute atomic E-state index is 0.00132. The molecule has 1 saturated heterocycles. The topological polar surface area (TPSA) is 59.0 Å². The third-order valence-electron chi connectivity index (χ3n) is 2.82. The van der Waals surface area contributed by atoms with Crippen LogP contribution in [0.15, 0.2) is 0 Å². The lowest BCUT2D eigenvalue weighted by Gasteiger charge is -2.28. The third kappa shape index (κ3) is 4.08. The summed E-state index contributed by atoms with van der Waals surface area (Å²) in [6.07, 6.45) is 1.57. The summed E-state index contributed by atoms with van der Waals surface area (Å²) in [7, 11) is 1.61. The Hall–Kier alpha value is -0.650. The van der Waals surface area contributed by atoms with E-state index in [4.69, 9.17) is 14.6 Å². The molecule has 1 heterocycles. The summed E-state index contributed by atoms with van der Waals surface area (Å²) >= 11 is 0. The van der Waals surface area contributed by atoms with Crippen LogP contribution in [0.3, 0.4) is 0 Å². The summed E-state index contributed by atoms with van der Waals surface area (Å²) < 4.78 is 10.2. The van der Waals surface area contributed by atoms with Crippen LogP contribution in [-0.4, -0.2) is 62.5 Å². The molecular formula is C11H21NO4. The average molecular weight is 231 g/mol. The van der Waals surface area contributed by atoms with Crippen molar-refractivity contribution in [1.29, 1.82) is 0 Å². The smallest absolute Gasteiger partial charge is 0.226 e. The van der Waals surface area contributed by atoms with Crippen molar-refractivity contribution in [2.75, 3.05) is 46.6 Å². The highest BCUT2D eigenvalue weighted by Crippen LogP contribution is 2.17. The lowest BCUT2D eigenvalue weighted by atomic mass is 9.98. The van der Waals surface area contributed by atoms with Crippen LogP contribution in [0, 0.1) is 5.92 Å². The highest BCUT2D eigenvalue weighted by Gasteiger charge is 2.25. The van der Waals surface area contributed by atoms with Gasteiger partial charge in [0, 0.05) is 39.3 Å². The zero-order valence-corrected chi connectivity index (χ0v) is 9.85. The van der Waals surface area contributed by atoms with Crippen molar-refractivity contribution in [3.8, 4) is 0 Å². The Labute approximate surface area is 96.3 Å². The van der Waals surface area contributed by atoms with Crippen molar-refractivity contribution in [1.82, 2.24) is 4.90 Å². The van der Waals surface area contributed by atoms with Gasteiger partial charge >= 0.3 is 0 Å². The largest absolute Gasteiger partial charge is 0.395 e. The molecule has 0 unspecified atom stereocenters. The van der Waals surface area contributed by atoms with Gasteiger partial charge in [-0.3, -0.25) is 4.79 Å². The fourth-order valence-corrected chi connectivity index (χ4v) is 1.86. The van der Waals surface area contributed by atoms with E-state index in [0.29, 0.717) is 32.9 Å². The number of nitrogens with zero attached hydrogens (tertiary/aromatic N) is 1. The van der Waals surface area contributed by atoms with Crippen LogP contribution in [-0.2, 0) is 14.3 Å². The van der Waals surface area contributed by atoms with Gasteiger partial charge in [-0.2, -0.15) is 0 Å². The molecule has 16 heavy (non-hydrogen) atoms. The van der Waals surface area contributed by atoms with Gasteiger partial charge in [-0.1, -0.05) is 0 Å². The Morgan fingerprint density at radius 1 is 1.44 bits per heavy atom. The predicted octanol–water partition coefficient (Wildman–Crippen LogP) is -0.120. The molecule has 0 bridgehead atoms. The predicted molar refractivity (Wildman–Crippen MR) is 59.1 cm³/mol. The number of methoxy groups -OCH3 is 1. The number of aliphatic hydroxyl groups excluding tert-OH is 1. The second-order valence-corrected chi connectivity index (χ2v) is 3.93. The van der Waals surface area contributed by atoms with Crippen molar-refractivity contribution in [2.24, 2.45) is 5.92 Å². The van der Waals surface area contributed by atoms with Gasteiger partial charge in [0.05, 0.1) is 13.2 Å². The molecule has 5 nitrogen and oxygen atoms in total. The van der Waals surface area contributed by atoms with Crippen LogP contribution in [0.2, 0.25) is 0 Å². The molecule has 0 aromatic carbocycles. The zero-order valence-electron chi connectivity index (χ0n) is 9.85. The van der Waals surface area contributed by atoms with Crippen LogP contribution in [0.25, 0.3) is 0 Å². The molecule has 1 aliphatic heterocycles. The molecule has 0 radical (unpaired) electrons. The second kappa shape index (κ2) is 7.60. The van der Waals surface area contributed by atoms with Gasteiger partial charge in [-0.25, -0.2) is 0 Å². The maximum atomic E-state index is 12.1. The second-order valence-electron chi connectivity index (χ2n) is 3.93. The number of carbonyl (C=O) groups excluding carboxylic acids is 1. The van der Waals surface area contributed by atoms with Crippen LogP contribution in [0.1, 0.15) is 12.8 Å². The number of carbonyl (C=O) groups is 1. The Morgan fingerprint density at radius 2 is 2.12 bits per heavy atom. The van der Waals surface area contributed by atoms with E-state index in [0.717, 1.165) is 12.8 Å². The first-order valence-corrected chi connectivity index (χ1v) is 5.76. The van der Waals surface area contributed by atoms with Crippen LogP contribution in [0.5, 0.6) is 0 Å². The normalized spacial score (nSPS) is 17.4. The number of hydrogen-bond donors (Lipinski definition) is 1. The first kappa shape index (κ1) is 13.4. The Kier molecular flexibility index (Phi) is 6.37. The van der Waals surface area contributed by atoms with E-state index in [1.807, 2.05) is 0 Å². The number of aliphatic hydroxyl groups is 1. The van der Waals surface area contributed by atoms with E-state index in [1.54, 1.807) is 12.0 Å². The van der Waals surface area contributed by atoms with E-state index >= 15 is 0 Å². The number of rotatable bonds is 6. The molecule has 0 spiro atoms. The molecule has 1 aliphatic rings. The van der Waals surface area contributed by atoms with Crippen molar-refractivity contribution < 1.29 is 19.4 Å². The molecule has 0 aromatic heterocycles. The summed E-state index contributed by atoms with van der Waals surface area (Å²) in [6, 6.07) is 0. The van der Waals surface area contributed by atoms with Crippen molar-refractivity contribution >= 4 is 5.91 Å². The molecule has 5 heteroatoms. The number of hydrogen-bond acceptors (Lipinski definition) is 4. The first-order valence-electron chi connectivity index (χ1n) is 5.76. The van der Waals surface area contributed by atoms with Crippen LogP contribution in [0.4, 0.5) is 0 Å². The van der Waals surface area contributed by atoms with E-state index in [-0.39, 0.29) is 18.4 Å². The summed E-state index contributed by atoms with van der Waals surface area (Å²) in [5.74, 6) is 0.173. The minimum atomic E-state index is -0.00132. The summed E-state index contributed by atoms with van der Waals surface area (Å²) in [4.78, 5) is 13.8. The third-order valence-corrected chi connectivity index (χ3v) is 2.82. The van der Waals surface area contributed by atoms with Crippen LogP contribution >= 0.6 is 0 Å². The van der Waals surface area contributed by atoms with Gasteiger partial charge in [-0.15, -0.1) is 0 Å². The van der Waals surface area contributed by atoms with Crippen molar-refractivity contribution in [3.63, 3.8) is 0 Å². The first-order chi connectivity index (χ1) is 7.79. The molecule has 1 amide bonds. The van der Waals surface area contributed by atoms with Gasteiger partial charge in [0.1, 0.15) is 0 Å². The maximum Gasteiger partial charge on any atom is 0.226 e. The number of ether oxygens (including phenoxy) is 2. The minimum Gasteiger partial charge on any atom is -0.395 e.